The number of esters is 1. The summed E-state index contributed by atoms with van der Waals surface area (Å²) in [6, 6.07) is 3.87. The molecule has 18 heavy (non-hydrogen) atoms. The molecule has 0 bridgehead atoms. The van der Waals surface area contributed by atoms with Gasteiger partial charge >= 0.3 is 11.9 Å². The van der Waals surface area contributed by atoms with E-state index >= 15 is 0 Å². The number of nitrogens with one attached hydrogen (secondary N) is 1. The average molecular weight is 282 g/mol. The van der Waals surface area contributed by atoms with E-state index in [2.05, 4.69) is 15.0 Å². The highest BCUT2D eigenvalue weighted by atomic mass is 32.1. The summed E-state index contributed by atoms with van der Waals surface area (Å²) in [5.41, 5.74) is 0.786. The lowest BCUT2D eigenvalue weighted by Gasteiger charge is -2.00. The van der Waals surface area contributed by atoms with Crippen LogP contribution >= 0.6 is 22.7 Å². The van der Waals surface area contributed by atoms with Crippen LogP contribution in [-0.2, 0) is 14.3 Å². The first-order valence-corrected chi connectivity index (χ1v) is 6.94. The Kier molecular flexibility index (Phi) is 4.06. The van der Waals surface area contributed by atoms with E-state index in [1.807, 2.05) is 22.9 Å². The first-order chi connectivity index (χ1) is 8.70. The normalized spacial score (nSPS) is 10.1. The van der Waals surface area contributed by atoms with Crippen molar-refractivity contribution in [1.29, 1.82) is 0 Å². The Bertz CT molecular complexity index is 548. The fourth-order valence-electron chi connectivity index (χ4n) is 1.21. The standard InChI is InChI=1S/C11H10N2O3S2/c1-2-16-10(15)9(14)13-11-12-7(6-18-11)8-4-3-5-17-8/h3-6H,2H2,1H3,(H,12,13,14). The molecule has 0 unspecified atom stereocenters. The second kappa shape index (κ2) is 5.74. The topological polar surface area (TPSA) is 68.3 Å². The van der Waals surface area contributed by atoms with Crippen molar-refractivity contribution in [2.75, 3.05) is 11.9 Å². The van der Waals surface area contributed by atoms with Gasteiger partial charge in [0.25, 0.3) is 0 Å². The third-order valence-corrected chi connectivity index (χ3v) is 3.61. The molecule has 7 heteroatoms. The summed E-state index contributed by atoms with van der Waals surface area (Å²) in [4.78, 5) is 27.8. The Hall–Kier alpha value is -1.73. The van der Waals surface area contributed by atoms with Crippen molar-refractivity contribution in [3.05, 3.63) is 22.9 Å². The molecule has 0 radical (unpaired) electrons. The number of carbonyl (C=O) groups excluding carboxylic acids is 2. The van der Waals surface area contributed by atoms with Gasteiger partial charge in [0.15, 0.2) is 5.13 Å². The predicted molar refractivity (Wildman–Crippen MR) is 70.7 cm³/mol. The van der Waals surface area contributed by atoms with E-state index in [0.717, 1.165) is 10.6 Å². The Morgan fingerprint density at radius 2 is 2.28 bits per heavy atom. The summed E-state index contributed by atoms with van der Waals surface area (Å²) in [5.74, 6) is -1.70. The van der Waals surface area contributed by atoms with E-state index in [-0.39, 0.29) is 6.61 Å². The Morgan fingerprint density at radius 3 is 2.94 bits per heavy atom. The molecular weight excluding hydrogens is 272 g/mol. The lowest BCUT2D eigenvalue weighted by atomic mass is 10.4. The van der Waals surface area contributed by atoms with Crippen molar-refractivity contribution >= 4 is 39.7 Å². The molecule has 2 heterocycles. The first kappa shape index (κ1) is 12.7. The molecule has 2 rings (SSSR count). The van der Waals surface area contributed by atoms with Gasteiger partial charge in [-0.1, -0.05) is 6.07 Å². The van der Waals surface area contributed by atoms with Crippen molar-refractivity contribution in [2.45, 2.75) is 6.92 Å². The van der Waals surface area contributed by atoms with Gasteiger partial charge in [-0.2, -0.15) is 0 Å². The van der Waals surface area contributed by atoms with Gasteiger partial charge in [-0.05, 0) is 18.4 Å². The lowest BCUT2D eigenvalue weighted by Crippen LogP contribution is -2.24. The summed E-state index contributed by atoms with van der Waals surface area (Å²) < 4.78 is 4.58. The number of thiazole rings is 1. The molecule has 0 atom stereocenters. The molecule has 0 aliphatic carbocycles. The monoisotopic (exact) mass is 282 g/mol. The smallest absolute Gasteiger partial charge is 0.397 e. The highest BCUT2D eigenvalue weighted by molar-refractivity contribution is 7.16. The number of ether oxygens (including phenoxy) is 1. The number of anilines is 1. The van der Waals surface area contributed by atoms with Crippen LogP contribution in [0.1, 0.15) is 6.92 Å². The molecule has 0 aromatic carbocycles. The molecule has 0 saturated carbocycles. The molecular formula is C11H10N2O3S2. The predicted octanol–water partition coefficient (Wildman–Crippen LogP) is 2.37. The van der Waals surface area contributed by atoms with Crippen LogP contribution in [0.4, 0.5) is 5.13 Å². The number of carbonyl (C=O) groups is 2. The molecule has 2 aromatic rings. The van der Waals surface area contributed by atoms with Crippen LogP contribution < -0.4 is 5.32 Å². The summed E-state index contributed by atoms with van der Waals surface area (Å²) in [6.45, 7) is 1.81. The SMILES string of the molecule is CCOC(=O)C(=O)Nc1nc(-c2cccs2)cs1. The number of hydrogen-bond donors (Lipinski definition) is 1. The molecule has 0 fully saturated rings. The van der Waals surface area contributed by atoms with E-state index in [0.29, 0.717) is 5.13 Å². The second-order valence-electron chi connectivity index (χ2n) is 3.19. The lowest BCUT2D eigenvalue weighted by molar-refractivity contribution is -0.152. The molecule has 0 aliphatic heterocycles. The van der Waals surface area contributed by atoms with Gasteiger partial charge < -0.3 is 4.74 Å². The highest BCUT2D eigenvalue weighted by Crippen LogP contribution is 2.28. The molecule has 0 aliphatic rings. The molecule has 0 spiro atoms. The molecule has 5 nitrogen and oxygen atoms in total. The number of rotatable bonds is 3. The van der Waals surface area contributed by atoms with Crippen LogP contribution in [0.15, 0.2) is 22.9 Å². The van der Waals surface area contributed by atoms with Crippen LogP contribution in [0.2, 0.25) is 0 Å². The summed E-state index contributed by atoms with van der Waals surface area (Å²) in [5, 5.41) is 6.57. The Balaban J connectivity index is 2.03. The zero-order valence-corrected chi connectivity index (χ0v) is 11.1. The minimum absolute atomic E-state index is 0.171. The summed E-state index contributed by atoms with van der Waals surface area (Å²) in [7, 11) is 0. The van der Waals surface area contributed by atoms with Crippen LogP contribution in [0.25, 0.3) is 10.6 Å². The summed E-state index contributed by atoms with van der Waals surface area (Å²) in [6.07, 6.45) is 0. The number of amides is 1. The Labute approximate surface area is 111 Å². The van der Waals surface area contributed by atoms with Crippen molar-refractivity contribution in [3.63, 3.8) is 0 Å². The minimum Gasteiger partial charge on any atom is -0.459 e. The highest BCUT2D eigenvalue weighted by Gasteiger charge is 2.16. The van der Waals surface area contributed by atoms with Gasteiger partial charge in [0.05, 0.1) is 17.2 Å². The maximum Gasteiger partial charge on any atom is 0.397 e. The van der Waals surface area contributed by atoms with Crippen LogP contribution in [0.5, 0.6) is 0 Å². The van der Waals surface area contributed by atoms with Gasteiger partial charge in [-0.15, -0.1) is 22.7 Å². The van der Waals surface area contributed by atoms with Gasteiger partial charge in [-0.25, -0.2) is 9.78 Å². The van der Waals surface area contributed by atoms with Crippen LogP contribution in [0.3, 0.4) is 0 Å². The quantitative estimate of drug-likeness (QED) is 0.693. The molecule has 1 N–H and O–H groups in total. The van der Waals surface area contributed by atoms with E-state index < -0.39 is 11.9 Å². The number of nitrogens with zero attached hydrogens (tertiary/aromatic N) is 1. The number of aromatic nitrogens is 1. The second-order valence-corrected chi connectivity index (χ2v) is 5.00. The zero-order chi connectivity index (χ0) is 13.0. The molecule has 0 saturated heterocycles. The fourth-order valence-corrected chi connectivity index (χ4v) is 2.68. The average Bonchev–Trinajstić information content (AvgIpc) is 2.98. The third kappa shape index (κ3) is 2.93. The fraction of sp³-hybridized carbons (Fsp3) is 0.182. The maximum atomic E-state index is 11.4. The van der Waals surface area contributed by atoms with Gasteiger partial charge in [0.1, 0.15) is 0 Å². The number of thiophene rings is 1. The number of hydrogen-bond acceptors (Lipinski definition) is 6. The molecule has 1 amide bonds. The van der Waals surface area contributed by atoms with Crippen molar-refractivity contribution in [2.24, 2.45) is 0 Å². The van der Waals surface area contributed by atoms with Crippen molar-refractivity contribution < 1.29 is 14.3 Å². The van der Waals surface area contributed by atoms with E-state index in [9.17, 15) is 9.59 Å². The van der Waals surface area contributed by atoms with Crippen molar-refractivity contribution in [1.82, 2.24) is 4.98 Å². The van der Waals surface area contributed by atoms with E-state index in [4.69, 9.17) is 0 Å². The zero-order valence-electron chi connectivity index (χ0n) is 9.50. The van der Waals surface area contributed by atoms with E-state index in [1.165, 1.54) is 11.3 Å². The van der Waals surface area contributed by atoms with Gasteiger partial charge in [-0.3, -0.25) is 10.1 Å². The van der Waals surface area contributed by atoms with Crippen LogP contribution in [0, 0.1) is 0 Å². The minimum atomic E-state index is -0.898. The Morgan fingerprint density at radius 1 is 1.44 bits per heavy atom. The van der Waals surface area contributed by atoms with Crippen molar-refractivity contribution in [3.8, 4) is 10.6 Å². The third-order valence-electron chi connectivity index (χ3n) is 1.96. The van der Waals surface area contributed by atoms with Gasteiger partial charge in [0.2, 0.25) is 0 Å². The van der Waals surface area contributed by atoms with Gasteiger partial charge in [0, 0.05) is 5.38 Å². The summed E-state index contributed by atoms with van der Waals surface area (Å²) >= 11 is 2.83. The van der Waals surface area contributed by atoms with E-state index in [1.54, 1.807) is 18.3 Å². The first-order valence-electron chi connectivity index (χ1n) is 5.18. The molecule has 2 aromatic heterocycles. The molecule has 94 valence electrons. The largest absolute Gasteiger partial charge is 0.459 e. The van der Waals surface area contributed by atoms with Crippen LogP contribution in [-0.4, -0.2) is 23.5 Å². The maximum absolute atomic E-state index is 11.4.